The van der Waals surface area contributed by atoms with E-state index in [0.717, 1.165) is 18.4 Å². The van der Waals surface area contributed by atoms with Gasteiger partial charge in [-0.15, -0.1) is 0 Å². The molecule has 3 nitrogen and oxygen atoms in total. The van der Waals surface area contributed by atoms with Gasteiger partial charge >= 0.3 is 0 Å². The summed E-state index contributed by atoms with van der Waals surface area (Å²) < 4.78 is 27.0. The van der Waals surface area contributed by atoms with Crippen molar-refractivity contribution in [3.63, 3.8) is 0 Å². The standard InChI is InChI=1S/C14H23NO2S/c1-4-5-9-12(2)18(16,17)15-13(3)14-10-7-6-8-11-14/h6-8,10-13,15H,4-5,9H2,1-3H3/t12-,13+/m1/s1. The lowest BCUT2D eigenvalue weighted by atomic mass is 10.1. The zero-order chi connectivity index (χ0) is 13.6. The molecule has 4 heteroatoms. The predicted octanol–water partition coefficient (Wildman–Crippen LogP) is 3.25. The van der Waals surface area contributed by atoms with Gasteiger partial charge in [0.1, 0.15) is 0 Å². The molecular formula is C14H23NO2S. The maximum Gasteiger partial charge on any atom is 0.214 e. The van der Waals surface area contributed by atoms with Crippen LogP contribution in [-0.4, -0.2) is 13.7 Å². The van der Waals surface area contributed by atoms with E-state index in [4.69, 9.17) is 0 Å². The first-order chi connectivity index (χ1) is 8.47. The zero-order valence-corrected chi connectivity index (χ0v) is 12.2. The quantitative estimate of drug-likeness (QED) is 0.826. The van der Waals surface area contributed by atoms with Crippen LogP contribution < -0.4 is 4.72 Å². The van der Waals surface area contributed by atoms with Gasteiger partial charge in [-0.3, -0.25) is 0 Å². The van der Waals surface area contributed by atoms with Crippen molar-refractivity contribution >= 4 is 10.0 Å². The molecule has 18 heavy (non-hydrogen) atoms. The first kappa shape index (κ1) is 15.2. The van der Waals surface area contributed by atoms with Gasteiger partial charge in [-0.2, -0.15) is 0 Å². The second kappa shape index (κ2) is 6.90. The highest BCUT2D eigenvalue weighted by molar-refractivity contribution is 7.90. The summed E-state index contributed by atoms with van der Waals surface area (Å²) in [6.07, 6.45) is 2.68. The zero-order valence-electron chi connectivity index (χ0n) is 11.4. The third kappa shape index (κ3) is 4.42. The number of hydrogen-bond acceptors (Lipinski definition) is 2. The number of unbranched alkanes of at least 4 members (excludes halogenated alkanes) is 1. The SMILES string of the molecule is CCCC[C@@H](C)S(=O)(=O)N[C@@H](C)c1ccccc1. The predicted molar refractivity (Wildman–Crippen MR) is 75.9 cm³/mol. The van der Waals surface area contributed by atoms with Gasteiger partial charge in [0.25, 0.3) is 0 Å². The van der Waals surface area contributed by atoms with E-state index in [0.29, 0.717) is 6.42 Å². The van der Waals surface area contributed by atoms with E-state index < -0.39 is 10.0 Å². The van der Waals surface area contributed by atoms with Gasteiger partial charge in [0.2, 0.25) is 10.0 Å². The van der Waals surface area contributed by atoms with Crippen LogP contribution >= 0.6 is 0 Å². The summed E-state index contributed by atoms with van der Waals surface area (Å²) in [5.74, 6) is 0. The van der Waals surface area contributed by atoms with Crippen LogP contribution in [0, 0.1) is 0 Å². The minimum atomic E-state index is -3.23. The fourth-order valence-electron chi connectivity index (χ4n) is 1.82. The van der Waals surface area contributed by atoms with Gasteiger partial charge < -0.3 is 0 Å². The maximum absolute atomic E-state index is 12.1. The van der Waals surface area contributed by atoms with E-state index in [1.54, 1.807) is 6.92 Å². The highest BCUT2D eigenvalue weighted by Crippen LogP contribution is 2.16. The summed E-state index contributed by atoms with van der Waals surface area (Å²) in [5.41, 5.74) is 0.990. The van der Waals surface area contributed by atoms with Crippen LogP contribution in [0.4, 0.5) is 0 Å². The Hall–Kier alpha value is -0.870. The molecule has 0 spiro atoms. The second-order valence-electron chi connectivity index (χ2n) is 4.75. The third-order valence-electron chi connectivity index (χ3n) is 3.13. The molecule has 102 valence electrons. The molecule has 1 rings (SSSR count). The average Bonchev–Trinajstić information content (AvgIpc) is 2.36. The molecule has 0 bridgehead atoms. The maximum atomic E-state index is 12.1. The summed E-state index contributed by atoms with van der Waals surface area (Å²) in [4.78, 5) is 0. The Labute approximate surface area is 111 Å². The van der Waals surface area contributed by atoms with Crippen molar-refractivity contribution in [2.45, 2.75) is 51.3 Å². The van der Waals surface area contributed by atoms with Crippen molar-refractivity contribution in [1.29, 1.82) is 0 Å². The monoisotopic (exact) mass is 269 g/mol. The molecule has 0 saturated heterocycles. The van der Waals surface area contributed by atoms with Crippen LogP contribution in [0.2, 0.25) is 0 Å². The molecule has 0 aliphatic heterocycles. The normalized spacial score (nSPS) is 15.3. The van der Waals surface area contributed by atoms with Crippen LogP contribution in [0.1, 0.15) is 51.6 Å². The Kier molecular flexibility index (Phi) is 5.82. The fraction of sp³-hybridized carbons (Fsp3) is 0.571. The van der Waals surface area contributed by atoms with E-state index in [2.05, 4.69) is 11.6 Å². The first-order valence-electron chi connectivity index (χ1n) is 6.53. The van der Waals surface area contributed by atoms with Crippen molar-refractivity contribution < 1.29 is 8.42 Å². The molecule has 0 fully saturated rings. The minimum absolute atomic E-state index is 0.180. The topological polar surface area (TPSA) is 46.2 Å². The molecule has 0 aliphatic carbocycles. The lowest BCUT2D eigenvalue weighted by Crippen LogP contribution is -2.34. The third-order valence-corrected chi connectivity index (χ3v) is 5.11. The number of sulfonamides is 1. The van der Waals surface area contributed by atoms with E-state index in [-0.39, 0.29) is 11.3 Å². The molecule has 0 unspecified atom stereocenters. The Balaban J connectivity index is 2.65. The smallest absolute Gasteiger partial charge is 0.212 e. The van der Waals surface area contributed by atoms with E-state index >= 15 is 0 Å². The van der Waals surface area contributed by atoms with E-state index in [1.165, 1.54) is 0 Å². The van der Waals surface area contributed by atoms with Crippen molar-refractivity contribution in [3.8, 4) is 0 Å². The van der Waals surface area contributed by atoms with Crippen LogP contribution in [0.15, 0.2) is 30.3 Å². The Bertz CT molecular complexity index is 442. The summed E-state index contributed by atoms with van der Waals surface area (Å²) in [6, 6.07) is 9.45. The van der Waals surface area contributed by atoms with Crippen LogP contribution in [0.25, 0.3) is 0 Å². The molecule has 0 heterocycles. The molecule has 0 aromatic heterocycles. The van der Waals surface area contributed by atoms with Gasteiger partial charge in [-0.25, -0.2) is 13.1 Å². The number of nitrogens with one attached hydrogen (secondary N) is 1. The number of rotatable bonds is 7. The first-order valence-corrected chi connectivity index (χ1v) is 8.08. The Morgan fingerprint density at radius 2 is 1.78 bits per heavy atom. The molecule has 0 radical (unpaired) electrons. The van der Waals surface area contributed by atoms with Gasteiger partial charge in [0.15, 0.2) is 0 Å². The second-order valence-corrected chi connectivity index (χ2v) is 6.88. The molecule has 1 aromatic carbocycles. The summed E-state index contributed by atoms with van der Waals surface area (Å²) >= 11 is 0. The molecule has 0 amide bonds. The van der Waals surface area contributed by atoms with Crippen molar-refractivity contribution in [2.75, 3.05) is 0 Å². The Morgan fingerprint density at radius 3 is 2.33 bits per heavy atom. The summed E-state index contributed by atoms with van der Waals surface area (Å²) in [6.45, 7) is 5.72. The van der Waals surface area contributed by atoms with Gasteiger partial charge in [-0.05, 0) is 25.8 Å². The molecule has 0 aliphatic rings. The number of hydrogen-bond donors (Lipinski definition) is 1. The van der Waals surface area contributed by atoms with Crippen LogP contribution in [0.5, 0.6) is 0 Å². The van der Waals surface area contributed by atoms with Crippen molar-refractivity contribution in [1.82, 2.24) is 4.72 Å². The highest BCUT2D eigenvalue weighted by Gasteiger charge is 2.22. The summed E-state index contributed by atoms with van der Waals surface area (Å²) in [5, 5.41) is -0.330. The van der Waals surface area contributed by atoms with Gasteiger partial charge in [-0.1, -0.05) is 50.1 Å². The molecular weight excluding hydrogens is 246 g/mol. The fourth-order valence-corrected chi connectivity index (χ4v) is 3.16. The average molecular weight is 269 g/mol. The molecule has 1 aromatic rings. The lowest BCUT2D eigenvalue weighted by molar-refractivity contribution is 0.544. The number of benzene rings is 1. The lowest BCUT2D eigenvalue weighted by Gasteiger charge is -2.18. The van der Waals surface area contributed by atoms with Crippen molar-refractivity contribution in [2.24, 2.45) is 0 Å². The Morgan fingerprint density at radius 1 is 1.17 bits per heavy atom. The molecule has 1 N–H and O–H groups in total. The molecule has 2 atom stereocenters. The van der Waals surface area contributed by atoms with E-state index in [1.807, 2.05) is 37.3 Å². The van der Waals surface area contributed by atoms with Gasteiger partial charge in [0.05, 0.1) is 5.25 Å². The van der Waals surface area contributed by atoms with E-state index in [9.17, 15) is 8.42 Å². The van der Waals surface area contributed by atoms with Crippen LogP contribution in [0.3, 0.4) is 0 Å². The minimum Gasteiger partial charge on any atom is -0.212 e. The molecule has 0 saturated carbocycles. The van der Waals surface area contributed by atoms with Gasteiger partial charge in [0, 0.05) is 6.04 Å². The summed E-state index contributed by atoms with van der Waals surface area (Å²) in [7, 11) is -3.23. The largest absolute Gasteiger partial charge is 0.214 e. The van der Waals surface area contributed by atoms with Crippen LogP contribution in [-0.2, 0) is 10.0 Å². The highest BCUT2D eigenvalue weighted by atomic mass is 32.2. The van der Waals surface area contributed by atoms with Crippen molar-refractivity contribution in [3.05, 3.63) is 35.9 Å².